The van der Waals surface area contributed by atoms with Crippen LogP contribution >= 0.6 is 0 Å². The number of halogens is 1. The average molecular weight is 439 g/mol. The summed E-state index contributed by atoms with van der Waals surface area (Å²) in [6, 6.07) is 3.96. The first-order valence-electron chi connectivity index (χ1n) is 9.91. The number of pyridine rings is 1. The molecule has 0 aliphatic carbocycles. The van der Waals surface area contributed by atoms with Crippen molar-refractivity contribution in [1.29, 1.82) is 0 Å². The van der Waals surface area contributed by atoms with Crippen molar-refractivity contribution in [2.45, 2.75) is 25.9 Å². The highest BCUT2D eigenvalue weighted by molar-refractivity contribution is 5.99. The molecule has 9 heteroatoms. The quantitative estimate of drug-likeness (QED) is 0.650. The molecule has 166 valence electrons. The minimum Gasteiger partial charge on any atom is -0.477 e. The zero-order valence-corrected chi connectivity index (χ0v) is 18.0. The van der Waals surface area contributed by atoms with Gasteiger partial charge in [0.05, 0.1) is 0 Å². The van der Waals surface area contributed by atoms with Crippen molar-refractivity contribution in [3.05, 3.63) is 75.2 Å². The third kappa shape index (κ3) is 3.17. The Morgan fingerprint density at radius 3 is 2.47 bits per heavy atom. The van der Waals surface area contributed by atoms with E-state index in [2.05, 4.69) is 4.98 Å². The summed E-state index contributed by atoms with van der Waals surface area (Å²) in [6.07, 6.45) is 5.00. The maximum Gasteiger partial charge on any atom is 0.352 e. The molecule has 1 unspecified atom stereocenters. The normalized spacial score (nSPS) is 18.4. The number of aromatic nitrogens is 2. The predicted molar refractivity (Wildman–Crippen MR) is 115 cm³/mol. The fourth-order valence-corrected chi connectivity index (χ4v) is 4.19. The molecule has 1 amide bonds. The van der Waals surface area contributed by atoms with Crippen LogP contribution in [0.1, 0.15) is 33.6 Å². The standard InChI is InChI=1S/C23H22FN3O5/c1-12-8-14(24)9-13(2)19(12)32-23(6-5-7-26(3)22(23)31)16-11-27(4)20(28)18-15(16)10-17(25-18)21(29)30/h5,7-11,25H,6H2,1-4H3,(H,29,30). The third-order valence-electron chi connectivity index (χ3n) is 5.73. The van der Waals surface area contributed by atoms with E-state index in [1.807, 2.05) is 0 Å². The molecule has 32 heavy (non-hydrogen) atoms. The Balaban J connectivity index is 2.05. The predicted octanol–water partition coefficient (Wildman–Crippen LogP) is 2.97. The molecule has 2 N–H and O–H groups in total. The summed E-state index contributed by atoms with van der Waals surface area (Å²) in [4.78, 5) is 41.9. The van der Waals surface area contributed by atoms with Crippen molar-refractivity contribution in [2.24, 2.45) is 7.05 Å². The minimum atomic E-state index is -1.60. The molecule has 0 saturated heterocycles. The second-order valence-corrected chi connectivity index (χ2v) is 8.04. The Morgan fingerprint density at radius 2 is 1.84 bits per heavy atom. The van der Waals surface area contributed by atoms with E-state index in [1.165, 1.54) is 40.9 Å². The molecule has 3 heterocycles. The van der Waals surface area contributed by atoms with Gasteiger partial charge >= 0.3 is 5.97 Å². The first-order valence-corrected chi connectivity index (χ1v) is 9.91. The summed E-state index contributed by atoms with van der Waals surface area (Å²) in [5.74, 6) is -1.71. The van der Waals surface area contributed by atoms with Crippen LogP contribution in [0.2, 0.25) is 0 Å². The Labute approximate surface area is 182 Å². The second kappa shape index (κ2) is 7.37. The van der Waals surface area contributed by atoms with Crippen LogP contribution in [0.3, 0.4) is 0 Å². The summed E-state index contributed by atoms with van der Waals surface area (Å²) in [5.41, 5.74) is -0.806. The number of likely N-dealkylation sites (N-methyl/N-ethyl adjacent to an activating group) is 1. The fourth-order valence-electron chi connectivity index (χ4n) is 4.19. The number of aromatic amines is 1. The van der Waals surface area contributed by atoms with Gasteiger partial charge in [-0.25, -0.2) is 9.18 Å². The van der Waals surface area contributed by atoms with Crippen LogP contribution in [0.5, 0.6) is 5.75 Å². The summed E-state index contributed by atoms with van der Waals surface area (Å²) in [7, 11) is 3.10. The number of H-pyrrole nitrogens is 1. The largest absolute Gasteiger partial charge is 0.477 e. The fraction of sp³-hybridized carbons (Fsp3) is 0.261. The molecule has 3 aromatic rings. The van der Waals surface area contributed by atoms with E-state index in [9.17, 15) is 23.9 Å². The number of carbonyl (C=O) groups is 2. The van der Waals surface area contributed by atoms with Crippen LogP contribution in [-0.2, 0) is 17.4 Å². The van der Waals surface area contributed by atoms with E-state index in [-0.39, 0.29) is 23.0 Å². The lowest BCUT2D eigenvalue weighted by atomic mass is 9.85. The number of rotatable bonds is 4. The van der Waals surface area contributed by atoms with E-state index in [1.54, 1.807) is 33.2 Å². The van der Waals surface area contributed by atoms with Crippen LogP contribution in [0, 0.1) is 19.7 Å². The van der Waals surface area contributed by atoms with Crippen molar-refractivity contribution in [1.82, 2.24) is 14.5 Å². The lowest BCUT2D eigenvalue weighted by Crippen LogP contribution is -2.50. The van der Waals surface area contributed by atoms with Crippen molar-refractivity contribution < 1.29 is 23.8 Å². The minimum absolute atomic E-state index is 0.0583. The molecule has 1 atom stereocenters. The lowest BCUT2D eigenvalue weighted by molar-refractivity contribution is -0.146. The number of amides is 1. The van der Waals surface area contributed by atoms with Crippen LogP contribution in [0.25, 0.3) is 10.9 Å². The number of hydrogen-bond acceptors (Lipinski definition) is 4. The van der Waals surface area contributed by atoms with Crippen molar-refractivity contribution >= 4 is 22.8 Å². The number of aryl methyl sites for hydroxylation is 3. The molecule has 4 rings (SSSR count). The number of aromatic carboxylic acids is 1. The number of hydrogen-bond donors (Lipinski definition) is 2. The maximum absolute atomic E-state index is 13.9. The summed E-state index contributed by atoms with van der Waals surface area (Å²) in [6.45, 7) is 3.36. The van der Waals surface area contributed by atoms with Gasteiger partial charge in [0.1, 0.15) is 22.8 Å². The van der Waals surface area contributed by atoms with Crippen molar-refractivity contribution in [3.8, 4) is 5.75 Å². The molecule has 0 bridgehead atoms. The molecular weight excluding hydrogens is 417 g/mol. The number of carboxylic acid groups (broad SMARTS) is 1. The van der Waals surface area contributed by atoms with E-state index in [0.717, 1.165) is 0 Å². The van der Waals surface area contributed by atoms with Crippen LogP contribution < -0.4 is 10.3 Å². The Kier molecular flexibility index (Phi) is 4.92. The van der Waals surface area contributed by atoms with Crippen molar-refractivity contribution in [3.63, 3.8) is 0 Å². The first kappa shape index (κ1) is 21.4. The SMILES string of the molecule is Cc1cc(F)cc(C)c1OC1(c2cn(C)c(=O)c3[nH]c(C(=O)O)cc23)CC=CN(C)C1=O. The van der Waals surface area contributed by atoms with Gasteiger partial charge in [-0.15, -0.1) is 0 Å². The number of nitrogens with zero attached hydrogens (tertiary/aromatic N) is 2. The van der Waals surface area contributed by atoms with Gasteiger partial charge in [0, 0.05) is 43.9 Å². The zero-order valence-electron chi connectivity index (χ0n) is 18.0. The van der Waals surface area contributed by atoms with E-state index >= 15 is 0 Å². The second-order valence-electron chi connectivity index (χ2n) is 8.04. The molecule has 1 aliphatic rings. The van der Waals surface area contributed by atoms with Crippen molar-refractivity contribution in [2.75, 3.05) is 7.05 Å². The highest BCUT2D eigenvalue weighted by Crippen LogP contribution is 2.41. The van der Waals surface area contributed by atoms with E-state index < -0.39 is 28.9 Å². The number of carbonyl (C=O) groups excluding carboxylic acids is 1. The van der Waals surface area contributed by atoms with Gasteiger partial charge in [-0.1, -0.05) is 6.08 Å². The Morgan fingerprint density at radius 1 is 1.19 bits per heavy atom. The van der Waals surface area contributed by atoms with Gasteiger partial charge < -0.3 is 24.3 Å². The number of nitrogens with one attached hydrogen (secondary N) is 1. The van der Waals surface area contributed by atoms with E-state index in [4.69, 9.17) is 4.74 Å². The molecular formula is C23H22FN3O5. The van der Waals surface area contributed by atoms with Gasteiger partial charge in [-0.2, -0.15) is 0 Å². The molecule has 1 aliphatic heterocycles. The summed E-state index contributed by atoms with van der Waals surface area (Å²) in [5, 5.41) is 9.72. The Hall–Kier alpha value is -3.88. The lowest BCUT2D eigenvalue weighted by Gasteiger charge is -2.38. The molecule has 2 aromatic heterocycles. The summed E-state index contributed by atoms with van der Waals surface area (Å²) < 4.78 is 21.6. The van der Waals surface area contributed by atoms with Crippen LogP contribution in [0.15, 0.2) is 41.5 Å². The van der Waals surface area contributed by atoms with E-state index in [0.29, 0.717) is 22.4 Å². The highest BCUT2D eigenvalue weighted by atomic mass is 19.1. The van der Waals surface area contributed by atoms with Gasteiger partial charge in [0.25, 0.3) is 11.5 Å². The maximum atomic E-state index is 13.9. The van der Waals surface area contributed by atoms with Gasteiger partial charge in [0.15, 0.2) is 0 Å². The van der Waals surface area contributed by atoms with Gasteiger partial charge in [-0.05, 0) is 43.2 Å². The topological polar surface area (TPSA) is 105 Å². The average Bonchev–Trinajstić information content (AvgIpc) is 3.17. The van der Waals surface area contributed by atoms with Crippen LogP contribution in [-0.4, -0.2) is 38.5 Å². The highest BCUT2D eigenvalue weighted by Gasteiger charge is 2.47. The molecule has 0 spiro atoms. The Bertz CT molecular complexity index is 1350. The van der Waals surface area contributed by atoms with Gasteiger partial charge in [0.2, 0.25) is 5.60 Å². The monoisotopic (exact) mass is 439 g/mol. The molecule has 0 radical (unpaired) electrons. The molecule has 8 nitrogen and oxygen atoms in total. The van der Waals surface area contributed by atoms with Crippen LogP contribution in [0.4, 0.5) is 4.39 Å². The van der Waals surface area contributed by atoms with Gasteiger partial charge in [-0.3, -0.25) is 9.59 Å². The zero-order chi connectivity index (χ0) is 23.4. The number of carboxylic acids is 1. The molecule has 1 aromatic carbocycles. The number of benzene rings is 1. The summed E-state index contributed by atoms with van der Waals surface area (Å²) >= 11 is 0. The molecule has 0 fully saturated rings. The number of fused-ring (bicyclic) bond motifs is 1. The molecule has 0 saturated carbocycles. The first-order chi connectivity index (χ1) is 15.0. The third-order valence-corrected chi connectivity index (χ3v) is 5.73. The number of ether oxygens (including phenoxy) is 1. The smallest absolute Gasteiger partial charge is 0.352 e.